The van der Waals surface area contributed by atoms with Gasteiger partial charge in [-0.2, -0.15) is 0 Å². The van der Waals surface area contributed by atoms with Crippen molar-refractivity contribution in [1.82, 2.24) is 10.2 Å². The van der Waals surface area contributed by atoms with Gasteiger partial charge in [-0.05, 0) is 26.5 Å². The summed E-state index contributed by atoms with van der Waals surface area (Å²) in [5.41, 5.74) is 2.92. The zero-order valence-corrected chi connectivity index (χ0v) is 13.0. The van der Waals surface area contributed by atoms with Crippen molar-refractivity contribution < 1.29 is 9.59 Å². The molecular weight excluding hydrogens is 252 g/mol. The molecule has 20 heavy (non-hydrogen) atoms. The van der Waals surface area contributed by atoms with E-state index in [1.54, 1.807) is 7.05 Å². The molecular formula is C16H24N2O2. The van der Waals surface area contributed by atoms with E-state index in [-0.39, 0.29) is 17.6 Å². The Morgan fingerprint density at radius 3 is 2.50 bits per heavy atom. The number of nitrogens with one attached hydrogen (secondary N) is 1. The number of benzene rings is 1. The number of carbonyl (C=O) groups is 2. The van der Waals surface area contributed by atoms with Crippen LogP contribution in [0, 0.1) is 19.8 Å². The molecule has 0 saturated carbocycles. The van der Waals surface area contributed by atoms with Gasteiger partial charge in [-0.3, -0.25) is 14.5 Å². The lowest BCUT2D eigenvalue weighted by molar-refractivity contribution is -0.124. The normalized spacial score (nSPS) is 12.3. The predicted molar refractivity (Wildman–Crippen MR) is 81.0 cm³/mol. The maximum Gasteiger partial charge on any atom is 0.223 e. The van der Waals surface area contributed by atoms with E-state index in [0.29, 0.717) is 13.1 Å². The average Bonchev–Trinajstić information content (AvgIpc) is 2.37. The highest BCUT2D eigenvalue weighted by Gasteiger charge is 2.17. The quantitative estimate of drug-likeness (QED) is 0.806. The molecule has 4 nitrogen and oxygen atoms in total. The SMILES string of the molecule is CNC(=O)C(C)CN(C)CC(=O)c1ccc(C)cc1C. The fourth-order valence-corrected chi connectivity index (χ4v) is 2.32. The van der Waals surface area contributed by atoms with E-state index in [4.69, 9.17) is 0 Å². The Hall–Kier alpha value is -1.68. The van der Waals surface area contributed by atoms with Gasteiger partial charge < -0.3 is 5.32 Å². The first-order chi connectivity index (χ1) is 9.35. The number of aryl methyl sites for hydroxylation is 2. The molecule has 1 amide bonds. The highest BCUT2D eigenvalue weighted by atomic mass is 16.1. The van der Waals surface area contributed by atoms with Crippen LogP contribution >= 0.6 is 0 Å². The van der Waals surface area contributed by atoms with E-state index in [1.165, 1.54) is 0 Å². The van der Waals surface area contributed by atoms with Crippen molar-refractivity contribution in [3.8, 4) is 0 Å². The average molecular weight is 276 g/mol. The van der Waals surface area contributed by atoms with E-state index in [0.717, 1.165) is 16.7 Å². The molecule has 0 radical (unpaired) electrons. The fraction of sp³-hybridized carbons (Fsp3) is 0.500. The maximum absolute atomic E-state index is 12.3. The molecule has 1 rings (SSSR count). The maximum atomic E-state index is 12.3. The van der Waals surface area contributed by atoms with Gasteiger partial charge in [-0.1, -0.05) is 30.7 Å². The number of amides is 1. The van der Waals surface area contributed by atoms with E-state index in [2.05, 4.69) is 5.32 Å². The zero-order chi connectivity index (χ0) is 15.3. The Morgan fingerprint density at radius 2 is 1.95 bits per heavy atom. The summed E-state index contributed by atoms with van der Waals surface area (Å²) in [5, 5.41) is 2.62. The number of hydrogen-bond acceptors (Lipinski definition) is 3. The minimum Gasteiger partial charge on any atom is -0.359 e. The summed E-state index contributed by atoms with van der Waals surface area (Å²) >= 11 is 0. The van der Waals surface area contributed by atoms with Crippen molar-refractivity contribution in [2.45, 2.75) is 20.8 Å². The standard InChI is InChI=1S/C16H24N2O2/c1-11-6-7-14(12(2)8-11)15(19)10-18(5)9-13(3)16(20)17-4/h6-8,13H,9-10H2,1-5H3,(H,17,20). The summed E-state index contributed by atoms with van der Waals surface area (Å²) in [6, 6.07) is 5.84. The van der Waals surface area contributed by atoms with Gasteiger partial charge in [0, 0.05) is 25.1 Å². The predicted octanol–water partition coefficient (Wildman–Crippen LogP) is 1.80. The molecule has 1 atom stereocenters. The van der Waals surface area contributed by atoms with Crippen LogP contribution in [0.3, 0.4) is 0 Å². The molecule has 0 aliphatic heterocycles. The number of nitrogens with zero attached hydrogens (tertiary/aromatic N) is 1. The van der Waals surface area contributed by atoms with Crippen LogP contribution in [-0.2, 0) is 4.79 Å². The number of hydrogen-bond donors (Lipinski definition) is 1. The molecule has 0 saturated heterocycles. The van der Waals surface area contributed by atoms with E-state index in [9.17, 15) is 9.59 Å². The second-order valence-corrected chi connectivity index (χ2v) is 5.45. The number of rotatable bonds is 6. The summed E-state index contributed by atoms with van der Waals surface area (Å²) < 4.78 is 0. The molecule has 1 aromatic rings. The monoisotopic (exact) mass is 276 g/mol. The molecule has 1 unspecified atom stereocenters. The van der Waals surface area contributed by atoms with Crippen LogP contribution in [0.2, 0.25) is 0 Å². The molecule has 0 fully saturated rings. The van der Waals surface area contributed by atoms with Crippen LogP contribution in [0.25, 0.3) is 0 Å². The number of likely N-dealkylation sites (N-methyl/N-ethyl adjacent to an activating group) is 1. The lowest BCUT2D eigenvalue weighted by Crippen LogP contribution is -2.36. The van der Waals surface area contributed by atoms with Crippen molar-refractivity contribution >= 4 is 11.7 Å². The molecule has 1 aromatic carbocycles. The van der Waals surface area contributed by atoms with Gasteiger partial charge in [0.05, 0.1) is 6.54 Å². The van der Waals surface area contributed by atoms with Crippen LogP contribution < -0.4 is 5.32 Å². The highest BCUT2D eigenvalue weighted by molar-refractivity contribution is 5.99. The number of carbonyl (C=O) groups excluding carboxylic acids is 2. The first-order valence-corrected chi connectivity index (χ1v) is 6.85. The van der Waals surface area contributed by atoms with Crippen molar-refractivity contribution in [2.75, 3.05) is 27.2 Å². The summed E-state index contributed by atoms with van der Waals surface area (Å²) in [4.78, 5) is 25.6. The Labute approximate surface area is 121 Å². The van der Waals surface area contributed by atoms with E-state index in [1.807, 2.05) is 50.9 Å². The Kier molecular flexibility index (Phi) is 5.89. The minimum absolute atomic E-state index is 0.00387. The van der Waals surface area contributed by atoms with Crippen LogP contribution in [0.5, 0.6) is 0 Å². The Morgan fingerprint density at radius 1 is 1.30 bits per heavy atom. The summed E-state index contributed by atoms with van der Waals surface area (Å²) in [6.45, 7) is 6.71. The summed E-state index contributed by atoms with van der Waals surface area (Å²) in [5.74, 6) is -0.0400. The van der Waals surface area contributed by atoms with Crippen LogP contribution in [0.4, 0.5) is 0 Å². The van der Waals surface area contributed by atoms with Gasteiger partial charge in [0.2, 0.25) is 5.91 Å². The van der Waals surface area contributed by atoms with E-state index >= 15 is 0 Å². The molecule has 0 spiro atoms. The van der Waals surface area contributed by atoms with E-state index < -0.39 is 0 Å². The van der Waals surface area contributed by atoms with Crippen LogP contribution in [0.1, 0.15) is 28.4 Å². The highest BCUT2D eigenvalue weighted by Crippen LogP contribution is 2.12. The van der Waals surface area contributed by atoms with Crippen molar-refractivity contribution in [1.29, 1.82) is 0 Å². The van der Waals surface area contributed by atoms with Gasteiger partial charge >= 0.3 is 0 Å². The van der Waals surface area contributed by atoms with Crippen LogP contribution in [0.15, 0.2) is 18.2 Å². The fourth-order valence-electron chi connectivity index (χ4n) is 2.32. The lowest BCUT2D eigenvalue weighted by Gasteiger charge is -2.20. The van der Waals surface area contributed by atoms with Crippen molar-refractivity contribution in [3.63, 3.8) is 0 Å². The second kappa shape index (κ2) is 7.20. The Bertz CT molecular complexity index is 497. The third kappa shape index (κ3) is 4.46. The van der Waals surface area contributed by atoms with Gasteiger partial charge in [0.15, 0.2) is 5.78 Å². The molecule has 0 heterocycles. The largest absolute Gasteiger partial charge is 0.359 e. The topological polar surface area (TPSA) is 49.4 Å². The summed E-state index contributed by atoms with van der Waals surface area (Å²) in [7, 11) is 3.49. The first kappa shape index (κ1) is 16.4. The first-order valence-electron chi connectivity index (χ1n) is 6.85. The third-order valence-corrected chi connectivity index (χ3v) is 3.38. The number of Topliss-reactive ketones (excluding diaryl/α,β-unsaturated/α-hetero) is 1. The molecule has 0 aliphatic carbocycles. The summed E-state index contributed by atoms with van der Waals surface area (Å²) in [6.07, 6.45) is 0. The molecule has 110 valence electrons. The zero-order valence-electron chi connectivity index (χ0n) is 13.0. The third-order valence-electron chi connectivity index (χ3n) is 3.38. The molecule has 0 aromatic heterocycles. The molecule has 0 bridgehead atoms. The van der Waals surface area contributed by atoms with Gasteiger partial charge in [-0.25, -0.2) is 0 Å². The van der Waals surface area contributed by atoms with Crippen LogP contribution in [-0.4, -0.2) is 43.8 Å². The Balaban J connectivity index is 2.64. The minimum atomic E-state index is -0.128. The van der Waals surface area contributed by atoms with Gasteiger partial charge in [0.1, 0.15) is 0 Å². The van der Waals surface area contributed by atoms with Gasteiger partial charge in [0.25, 0.3) is 0 Å². The molecule has 4 heteroatoms. The van der Waals surface area contributed by atoms with Crippen molar-refractivity contribution in [2.24, 2.45) is 5.92 Å². The number of ketones is 1. The lowest BCUT2D eigenvalue weighted by atomic mass is 10.0. The van der Waals surface area contributed by atoms with Crippen molar-refractivity contribution in [3.05, 3.63) is 34.9 Å². The smallest absolute Gasteiger partial charge is 0.223 e. The van der Waals surface area contributed by atoms with Gasteiger partial charge in [-0.15, -0.1) is 0 Å². The molecule has 1 N–H and O–H groups in total. The second-order valence-electron chi connectivity index (χ2n) is 5.45. The molecule has 0 aliphatic rings.